The Hall–Kier alpha value is -1.19. The number of aliphatic hydroxyl groups is 2. The molecule has 0 aliphatic carbocycles. The number of carbonyl (C=O) groups is 1. The second kappa shape index (κ2) is 4.55. The van der Waals surface area contributed by atoms with Crippen molar-refractivity contribution in [2.45, 2.75) is 32.5 Å². The lowest BCUT2D eigenvalue weighted by molar-refractivity contribution is 0.0390. The molecule has 1 aromatic rings. The summed E-state index contributed by atoms with van der Waals surface area (Å²) in [5, 5.41) is 18.6. The summed E-state index contributed by atoms with van der Waals surface area (Å²) in [6.45, 7) is 3.23. The van der Waals surface area contributed by atoms with Gasteiger partial charge in [0, 0.05) is 5.56 Å². The van der Waals surface area contributed by atoms with Crippen LogP contribution in [0, 0.1) is 0 Å². The van der Waals surface area contributed by atoms with Crippen LogP contribution in [0.3, 0.4) is 0 Å². The Morgan fingerprint density at radius 2 is 1.87 bits per heavy atom. The molecule has 0 radical (unpaired) electrons. The zero-order chi connectivity index (χ0) is 11.5. The summed E-state index contributed by atoms with van der Waals surface area (Å²) < 4.78 is 0. The SMILES string of the molecule is CCC(C)(O)C(=O)c1ccc(CO)cc1. The van der Waals surface area contributed by atoms with Gasteiger partial charge in [-0.25, -0.2) is 0 Å². The Bertz CT molecular complexity index is 338. The van der Waals surface area contributed by atoms with Crippen LogP contribution in [0.5, 0.6) is 0 Å². The molecule has 0 fully saturated rings. The predicted octanol–water partition coefficient (Wildman–Crippen LogP) is 1.52. The number of rotatable bonds is 4. The normalized spacial score (nSPS) is 14.7. The standard InChI is InChI=1S/C12H16O3/c1-3-12(2,15)11(14)10-6-4-9(8-13)5-7-10/h4-7,13,15H,3,8H2,1-2H3. The smallest absolute Gasteiger partial charge is 0.194 e. The molecule has 1 rings (SSSR count). The lowest BCUT2D eigenvalue weighted by Crippen LogP contribution is -2.34. The molecule has 0 saturated carbocycles. The Balaban J connectivity index is 2.92. The lowest BCUT2D eigenvalue weighted by Gasteiger charge is -2.19. The Labute approximate surface area is 89.4 Å². The molecule has 1 atom stereocenters. The zero-order valence-corrected chi connectivity index (χ0v) is 9.03. The van der Waals surface area contributed by atoms with Gasteiger partial charge < -0.3 is 10.2 Å². The second-order valence-electron chi connectivity index (χ2n) is 3.81. The van der Waals surface area contributed by atoms with E-state index in [1.807, 2.05) is 0 Å². The lowest BCUT2D eigenvalue weighted by atomic mass is 9.92. The topological polar surface area (TPSA) is 57.5 Å². The van der Waals surface area contributed by atoms with Crippen molar-refractivity contribution >= 4 is 5.78 Å². The van der Waals surface area contributed by atoms with Crippen molar-refractivity contribution in [1.82, 2.24) is 0 Å². The third kappa shape index (κ3) is 2.64. The van der Waals surface area contributed by atoms with Crippen LogP contribution >= 0.6 is 0 Å². The summed E-state index contributed by atoms with van der Waals surface area (Å²) in [5.74, 6) is -0.283. The number of aliphatic hydroxyl groups excluding tert-OH is 1. The van der Waals surface area contributed by atoms with E-state index in [0.29, 0.717) is 12.0 Å². The quantitative estimate of drug-likeness (QED) is 0.738. The summed E-state index contributed by atoms with van der Waals surface area (Å²) in [7, 11) is 0. The van der Waals surface area contributed by atoms with Gasteiger partial charge in [-0.05, 0) is 18.9 Å². The second-order valence-corrected chi connectivity index (χ2v) is 3.81. The highest BCUT2D eigenvalue weighted by Gasteiger charge is 2.28. The third-order valence-corrected chi connectivity index (χ3v) is 2.58. The van der Waals surface area contributed by atoms with E-state index < -0.39 is 5.60 Å². The number of carbonyl (C=O) groups excluding carboxylic acids is 1. The molecule has 0 aliphatic heterocycles. The van der Waals surface area contributed by atoms with Gasteiger partial charge in [-0.1, -0.05) is 31.2 Å². The minimum atomic E-state index is -1.30. The number of hydrogen-bond acceptors (Lipinski definition) is 3. The molecule has 3 nitrogen and oxygen atoms in total. The molecule has 15 heavy (non-hydrogen) atoms. The van der Waals surface area contributed by atoms with E-state index in [4.69, 9.17) is 5.11 Å². The predicted molar refractivity (Wildman–Crippen MR) is 57.6 cm³/mol. The van der Waals surface area contributed by atoms with Crippen LogP contribution in [-0.4, -0.2) is 21.6 Å². The molecule has 3 heteroatoms. The van der Waals surface area contributed by atoms with Crippen molar-refractivity contribution in [3.8, 4) is 0 Å². The molecular weight excluding hydrogens is 192 g/mol. The van der Waals surface area contributed by atoms with Gasteiger partial charge in [0.25, 0.3) is 0 Å². The van der Waals surface area contributed by atoms with Gasteiger partial charge in [0.1, 0.15) is 5.60 Å². The Morgan fingerprint density at radius 3 is 2.27 bits per heavy atom. The molecule has 0 saturated heterocycles. The molecule has 0 aromatic heterocycles. The molecule has 0 aliphatic rings. The number of hydrogen-bond donors (Lipinski definition) is 2. The average molecular weight is 208 g/mol. The molecular formula is C12H16O3. The van der Waals surface area contributed by atoms with E-state index in [0.717, 1.165) is 5.56 Å². The number of benzene rings is 1. The highest BCUT2D eigenvalue weighted by Crippen LogP contribution is 2.17. The summed E-state index contributed by atoms with van der Waals surface area (Å²) in [6.07, 6.45) is 0.383. The zero-order valence-electron chi connectivity index (χ0n) is 9.03. The van der Waals surface area contributed by atoms with Crippen molar-refractivity contribution in [3.05, 3.63) is 35.4 Å². The minimum absolute atomic E-state index is 0.0430. The van der Waals surface area contributed by atoms with E-state index in [1.54, 1.807) is 31.2 Å². The fraction of sp³-hybridized carbons (Fsp3) is 0.417. The number of ketones is 1. The fourth-order valence-corrected chi connectivity index (χ4v) is 1.23. The van der Waals surface area contributed by atoms with Gasteiger partial charge >= 0.3 is 0 Å². The Morgan fingerprint density at radius 1 is 1.33 bits per heavy atom. The van der Waals surface area contributed by atoms with Crippen LogP contribution in [0.4, 0.5) is 0 Å². The van der Waals surface area contributed by atoms with Crippen molar-refractivity contribution < 1.29 is 15.0 Å². The van der Waals surface area contributed by atoms with Crippen LogP contribution < -0.4 is 0 Å². The highest BCUT2D eigenvalue weighted by molar-refractivity contribution is 6.01. The van der Waals surface area contributed by atoms with Gasteiger partial charge in [0.15, 0.2) is 5.78 Å². The van der Waals surface area contributed by atoms with Crippen molar-refractivity contribution in [3.63, 3.8) is 0 Å². The minimum Gasteiger partial charge on any atom is -0.392 e. The van der Waals surface area contributed by atoms with Crippen molar-refractivity contribution in [2.24, 2.45) is 0 Å². The molecule has 82 valence electrons. The van der Waals surface area contributed by atoms with Crippen molar-refractivity contribution in [2.75, 3.05) is 0 Å². The molecule has 1 unspecified atom stereocenters. The first-order valence-corrected chi connectivity index (χ1v) is 4.98. The first-order chi connectivity index (χ1) is 7.01. The molecule has 0 amide bonds. The van der Waals surface area contributed by atoms with Gasteiger partial charge in [-0.3, -0.25) is 4.79 Å². The van der Waals surface area contributed by atoms with E-state index in [-0.39, 0.29) is 12.4 Å². The maximum atomic E-state index is 11.8. The summed E-state index contributed by atoms with van der Waals surface area (Å²) in [4.78, 5) is 11.8. The summed E-state index contributed by atoms with van der Waals surface area (Å²) in [6, 6.07) is 6.61. The van der Waals surface area contributed by atoms with E-state index in [2.05, 4.69) is 0 Å². The monoisotopic (exact) mass is 208 g/mol. The van der Waals surface area contributed by atoms with Crippen molar-refractivity contribution in [1.29, 1.82) is 0 Å². The first kappa shape index (κ1) is 11.9. The van der Waals surface area contributed by atoms with Gasteiger partial charge in [0.05, 0.1) is 6.61 Å². The average Bonchev–Trinajstić information content (AvgIpc) is 2.28. The van der Waals surface area contributed by atoms with Crippen LogP contribution in [0.2, 0.25) is 0 Å². The van der Waals surface area contributed by atoms with Gasteiger partial charge in [-0.15, -0.1) is 0 Å². The van der Waals surface area contributed by atoms with Gasteiger partial charge in [0.2, 0.25) is 0 Å². The van der Waals surface area contributed by atoms with Crippen LogP contribution in [-0.2, 0) is 6.61 Å². The third-order valence-electron chi connectivity index (χ3n) is 2.58. The summed E-state index contributed by atoms with van der Waals surface area (Å²) in [5.41, 5.74) is -0.0810. The van der Waals surface area contributed by atoms with Crippen LogP contribution in [0.1, 0.15) is 36.2 Å². The van der Waals surface area contributed by atoms with Crippen LogP contribution in [0.25, 0.3) is 0 Å². The Kier molecular flexibility index (Phi) is 3.61. The molecule has 0 spiro atoms. The maximum Gasteiger partial charge on any atom is 0.194 e. The molecule has 0 bridgehead atoms. The largest absolute Gasteiger partial charge is 0.392 e. The highest BCUT2D eigenvalue weighted by atomic mass is 16.3. The molecule has 2 N–H and O–H groups in total. The van der Waals surface area contributed by atoms with E-state index >= 15 is 0 Å². The van der Waals surface area contributed by atoms with Gasteiger partial charge in [-0.2, -0.15) is 0 Å². The fourth-order valence-electron chi connectivity index (χ4n) is 1.23. The van der Waals surface area contributed by atoms with E-state index in [9.17, 15) is 9.90 Å². The summed E-state index contributed by atoms with van der Waals surface area (Å²) >= 11 is 0. The van der Waals surface area contributed by atoms with Crippen LogP contribution in [0.15, 0.2) is 24.3 Å². The van der Waals surface area contributed by atoms with E-state index in [1.165, 1.54) is 6.92 Å². The number of Topliss-reactive ketones (excluding diaryl/α,β-unsaturated/α-hetero) is 1. The first-order valence-electron chi connectivity index (χ1n) is 4.98. The maximum absolute atomic E-state index is 11.8. The molecule has 1 aromatic carbocycles. The molecule has 0 heterocycles.